The summed E-state index contributed by atoms with van der Waals surface area (Å²) in [6.07, 6.45) is 2.28. The number of fused-ring (bicyclic) bond motifs is 1. The van der Waals surface area contributed by atoms with Crippen LogP contribution in [0.5, 0.6) is 5.75 Å². The quantitative estimate of drug-likeness (QED) is 0.589. The first-order valence-corrected chi connectivity index (χ1v) is 6.05. The SMILES string of the molecule is C.COc1ccc2c(C)cccc2c1.[CH2-]CCC.[Li+]. The molecule has 0 spiro atoms. The molecule has 2 heteroatoms. The van der Waals surface area contributed by atoms with Gasteiger partial charge in [0.05, 0.1) is 7.11 Å². The Kier molecular flexibility index (Phi) is 11.8. The summed E-state index contributed by atoms with van der Waals surface area (Å²) in [5, 5.41) is 2.53. The number of aryl methyl sites for hydroxylation is 1. The van der Waals surface area contributed by atoms with Gasteiger partial charge in [-0.1, -0.05) is 45.0 Å². The van der Waals surface area contributed by atoms with Crippen molar-refractivity contribution < 1.29 is 23.6 Å². The van der Waals surface area contributed by atoms with Crippen molar-refractivity contribution in [3.8, 4) is 5.75 Å². The summed E-state index contributed by atoms with van der Waals surface area (Å²) < 4.78 is 5.16. The van der Waals surface area contributed by atoms with Crippen molar-refractivity contribution in [2.45, 2.75) is 34.1 Å². The van der Waals surface area contributed by atoms with Crippen LogP contribution >= 0.6 is 0 Å². The van der Waals surface area contributed by atoms with Gasteiger partial charge in [-0.15, -0.1) is 0 Å². The minimum Gasteiger partial charge on any atom is -0.497 e. The molecule has 0 aliphatic carbocycles. The van der Waals surface area contributed by atoms with Crippen LogP contribution in [0.3, 0.4) is 0 Å². The monoisotopic (exact) mass is 252 g/mol. The zero-order valence-electron chi connectivity index (χ0n) is 12.0. The molecular weight excluding hydrogens is 227 g/mol. The fourth-order valence-electron chi connectivity index (χ4n) is 1.55. The molecule has 19 heavy (non-hydrogen) atoms. The molecule has 2 aromatic carbocycles. The van der Waals surface area contributed by atoms with E-state index in [1.54, 1.807) is 7.11 Å². The van der Waals surface area contributed by atoms with E-state index >= 15 is 0 Å². The maximum atomic E-state index is 5.16. The smallest absolute Gasteiger partial charge is 0.497 e. The summed E-state index contributed by atoms with van der Waals surface area (Å²) in [6.45, 7) is 7.84. The van der Waals surface area contributed by atoms with E-state index < -0.39 is 0 Å². The third kappa shape index (κ3) is 6.19. The van der Waals surface area contributed by atoms with Crippen LogP contribution in [-0.4, -0.2) is 7.11 Å². The standard InChI is InChI=1S/C12H12O.C4H9.CH4.Li/c1-9-4-3-5-10-8-11(13-2)6-7-12(9)10;1-3-4-2;;/h3-8H,1-2H3;1,3-4H2,2H3;1H4;/q;-1;;+1. The Hall–Kier alpha value is -0.903. The fourth-order valence-corrected chi connectivity index (χ4v) is 1.55. The minimum absolute atomic E-state index is 0. The Morgan fingerprint density at radius 3 is 2.32 bits per heavy atom. The third-order valence-corrected chi connectivity index (χ3v) is 2.66. The van der Waals surface area contributed by atoms with Gasteiger partial charge in [0.2, 0.25) is 0 Å². The van der Waals surface area contributed by atoms with Gasteiger partial charge < -0.3 is 11.7 Å². The second-order valence-corrected chi connectivity index (χ2v) is 4.02. The van der Waals surface area contributed by atoms with Crippen molar-refractivity contribution in [3.05, 3.63) is 48.9 Å². The molecule has 100 valence electrons. The number of rotatable bonds is 2. The van der Waals surface area contributed by atoms with E-state index in [2.05, 4.69) is 51.1 Å². The van der Waals surface area contributed by atoms with Crippen molar-refractivity contribution in [1.82, 2.24) is 0 Å². The molecule has 0 aliphatic heterocycles. The minimum atomic E-state index is 0. The maximum absolute atomic E-state index is 5.16. The van der Waals surface area contributed by atoms with Crippen molar-refractivity contribution in [2.24, 2.45) is 0 Å². The molecular formula is C17H25LiO. The molecule has 0 atom stereocenters. The van der Waals surface area contributed by atoms with E-state index in [0.29, 0.717) is 0 Å². The first-order chi connectivity index (χ1) is 8.22. The summed E-state index contributed by atoms with van der Waals surface area (Å²) in [5.74, 6) is 0.915. The number of unbranched alkanes of at least 4 members (excludes halogenated alkanes) is 1. The number of benzene rings is 2. The van der Waals surface area contributed by atoms with Gasteiger partial charge in [0, 0.05) is 0 Å². The molecule has 2 rings (SSSR count). The van der Waals surface area contributed by atoms with Crippen molar-refractivity contribution in [1.29, 1.82) is 0 Å². The van der Waals surface area contributed by atoms with Gasteiger partial charge >= 0.3 is 18.9 Å². The van der Waals surface area contributed by atoms with Gasteiger partial charge in [-0.25, -0.2) is 0 Å². The van der Waals surface area contributed by atoms with Gasteiger partial charge in [-0.3, -0.25) is 0 Å². The molecule has 0 heterocycles. The Labute approximate surface area is 130 Å². The molecule has 0 aliphatic rings. The number of methoxy groups -OCH3 is 1. The fraction of sp³-hybridized carbons (Fsp3) is 0.353. The second kappa shape index (κ2) is 11.0. The summed E-state index contributed by atoms with van der Waals surface area (Å²) >= 11 is 0. The van der Waals surface area contributed by atoms with Gasteiger partial charge in [-0.2, -0.15) is 6.42 Å². The predicted molar refractivity (Wildman–Crippen MR) is 82.2 cm³/mol. The second-order valence-electron chi connectivity index (χ2n) is 4.02. The largest absolute Gasteiger partial charge is 1.00 e. The molecule has 0 saturated carbocycles. The molecule has 1 nitrogen and oxygen atoms in total. The summed E-state index contributed by atoms with van der Waals surface area (Å²) in [7, 11) is 1.69. The molecule has 0 radical (unpaired) electrons. The Morgan fingerprint density at radius 1 is 1.16 bits per heavy atom. The zero-order chi connectivity index (χ0) is 12.7. The van der Waals surface area contributed by atoms with E-state index in [1.165, 1.54) is 22.8 Å². The maximum Gasteiger partial charge on any atom is 1.00 e. The predicted octanol–water partition coefficient (Wildman–Crippen LogP) is 2.42. The normalized spacial score (nSPS) is 8.63. The number of ether oxygens (including phenoxy) is 1. The molecule has 0 saturated heterocycles. The average molecular weight is 252 g/mol. The molecule has 0 bridgehead atoms. The van der Waals surface area contributed by atoms with Crippen LogP contribution in [-0.2, 0) is 0 Å². The van der Waals surface area contributed by atoms with E-state index in [0.717, 1.165) is 12.2 Å². The van der Waals surface area contributed by atoms with E-state index in [-0.39, 0.29) is 26.3 Å². The topological polar surface area (TPSA) is 9.23 Å². The van der Waals surface area contributed by atoms with Gasteiger partial charge in [0.15, 0.2) is 0 Å². The third-order valence-electron chi connectivity index (χ3n) is 2.66. The Bertz CT molecular complexity index is 464. The van der Waals surface area contributed by atoms with Crippen LogP contribution in [0.4, 0.5) is 0 Å². The number of hydrogen-bond acceptors (Lipinski definition) is 1. The van der Waals surface area contributed by atoms with Crippen molar-refractivity contribution in [2.75, 3.05) is 7.11 Å². The van der Waals surface area contributed by atoms with Crippen molar-refractivity contribution >= 4 is 10.8 Å². The zero-order valence-corrected chi connectivity index (χ0v) is 12.0. The first kappa shape index (κ1) is 20.4. The molecule has 0 amide bonds. The Balaban J connectivity index is 0. The van der Waals surface area contributed by atoms with Crippen molar-refractivity contribution in [3.63, 3.8) is 0 Å². The summed E-state index contributed by atoms with van der Waals surface area (Å²) in [6, 6.07) is 12.4. The first-order valence-electron chi connectivity index (χ1n) is 6.05. The Morgan fingerprint density at radius 2 is 1.79 bits per heavy atom. The van der Waals surface area contributed by atoms with Gasteiger partial charge in [0.25, 0.3) is 0 Å². The van der Waals surface area contributed by atoms with Crippen LogP contribution in [0.15, 0.2) is 36.4 Å². The van der Waals surface area contributed by atoms with E-state index in [1.807, 2.05) is 6.07 Å². The van der Waals surface area contributed by atoms with E-state index in [9.17, 15) is 0 Å². The molecule has 2 aromatic rings. The average Bonchev–Trinajstić information content (AvgIpc) is 2.39. The molecule has 0 unspecified atom stereocenters. The van der Waals surface area contributed by atoms with E-state index in [4.69, 9.17) is 4.74 Å². The van der Waals surface area contributed by atoms with Gasteiger partial charge in [-0.05, 0) is 35.4 Å². The van der Waals surface area contributed by atoms with Crippen LogP contribution in [0, 0.1) is 13.8 Å². The van der Waals surface area contributed by atoms with Crippen LogP contribution in [0.1, 0.15) is 32.8 Å². The molecule has 0 fully saturated rings. The summed E-state index contributed by atoms with van der Waals surface area (Å²) in [5.41, 5.74) is 1.31. The van der Waals surface area contributed by atoms with Gasteiger partial charge in [0.1, 0.15) is 5.75 Å². The molecule has 0 aromatic heterocycles. The number of hydrogen-bond donors (Lipinski definition) is 0. The van der Waals surface area contributed by atoms with Crippen LogP contribution in [0.2, 0.25) is 0 Å². The molecule has 0 N–H and O–H groups in total. The van der Waals surface area contributed by atoms with Crippen LogP contribution < -0.4 is 23.6 Å². The summed E-state index contributed by atoms with van der Waals surface area (Å²) in [4.78, 5) is 0. The van der Waals surface area contributed by atoms with Crippen LogP contribution in [0.25, 0.3) is 10.8 Å².